The Morgan fingerprint density at radius 3 is 2.55 bits per heavy atom. The summed E-state index contributed by atoms with van der Waals surface area (Å²) in [5.74, 6) is -1.04. The number of hydrogen-bond donors (Lipinski definition) is 1. The number of benzene rings is 1. The third-order valence-corrected chi connectivity index (χ3v) is 4.07. The fourth-order valence-corrected chi connectivity index (χ4v) is 3.13. The largest absolute Gasteiger partial charge is 0.478 e. The second-order valence-corrected chi connectivity index (χ2v) is 6.31. The molecule has 0 fully saturated rings. The molecule has 20 heavy (non-hydrogen) atoms. The molecule has 1 N–H and O–H groups in total. The molecule has 6 heteroatoms. The normalized spacial score (nSPS) is 12.8. The van der Waals surface area contributed by atoms with Gasteiger partial charge in [0, 0.05) is 11.0 Å². The van der Waals surface area contributed by atoms with Crippen LogP contribution in [0.4, 0.5) is 0 Å². The number of carboxylic acid groups (broad SMARTS) is 1. The predicted octanol–water partition coefficient (Wildman–Crippen LogP) is 2.33. The Labute approximate surface area is 117 Å². The lowest BCUT2D eigenvalue weighted by molar-refractivity contribution is -0.132. The summed E-state index contributed by atoms with van der Waals surface area (Å²) < 4.78 is 25.1. The Morgan fingerprint density at radius 1 is 1.35 bits per heavy atom. The average Bonchev–Trinajstić information content (AvgIpc) is 2.73. The summed E-state index contributed by atoms with van der Waals surface area (Å²) in [6.45, 7) is 1.72. The quantitative estimate of drug-likeness (QED) is 0.878. The Balaban J connectivity index is 2.80. The fraction of sp³-hybridized carbons (Fsp3) is 0.214. The number of rotatable bonds is 4. The highest BCUT2D eigenvalue weighted by Gasteiger charge is 2.16. The lowest BCUT2D eigenvalue weighted by Gasteiger charge is -2.06. The first-order valence-corrected chi connectivity index (χ1v) is 7.94. The lowest BCUT2D eigenvalue weighted by Crippen LogP contribution is -2.12. The number of nitrogens with zero attached hydrogens (tertiary/aromatic N) is 1. The van der Waals surface area contributed by atoms with Crippen LogP contribution in [0, 0.1) is 0 Å². The van der Waals surface area contributed by atoms with E-state index in [1.807, 2.05) is 0 Å². The highest BCUT2D eigenvalue weighted by atomic mass is 32.2. The van der Waals surface area contributed by atoms with Crippen molar-refractivity contribution in [1.82, 2.24) is 3.97 Å². The average molecular weight is 293 g/mol. The van der Waals surface area contributed by atoms with Gasteiger partial charge in [0.05, 0.1) is 17.5 Å². The van der Waals surface area contributed by atoms with E-state index in [9.17, 15) is 13.2 Å². The standard InChI is InChI=1S/C14H15NO4S/c1-3-10(14(16)17)8-12-9-11-6-4-5-7-13(11)15(12)20(2,18)19/h4-9H,3H2,1-2H3,(H,16,17)/b10-8+. The molecule has 0 aliphatic heterocycles. The van der Waals surface area contributed by atoms with Crippen LogP contribution >= 0.6 is 0 Å². The van der Waals surface area contributed by atoms with Gasteiger partial charge in [0.15, 0.2) is 0 Å². The molecule has 0 radical (unpaired) electrons. The van der Waals surface area contributed by atoms with Crippen molar-refractivity contribution in [1.29, 1.82) is 0 Å². The lowest BCUT2D eigenvalue weighted by atomic mass is 10.1. The van der Waals surface area contributed by atoms with Crippen molar-refractivity contribution >= 4 is 33.0 Å². The molecule has 5 nitrogen and oxygen atoms in total. The highest BCUT2D eigenvalue weighted by molar-refractivity contribution is 7.89. The zero-order chi connectivity index (χ0) is 14.9. The van der Waals surface area contributed by atoms with E-state index in [2.05, 4.69) is 0 Å². The number of carbonyl (C=O) groups is 1. The van der Waals surface area contributed by atoms with Crippen molar-refractivity contribution in [3.05, 3.63) is 41.6 Å². The van der Waals surface area contributed by atoms with Gasteiger partial charge in [0.1, 0.15) is 0 Å². The SMILES string of the molecule is CC/C(=C\c1cc2ccccc2n1S(C)(=O)=O)C(=O)O. The number of aliphatic carboxylic acids is 1. The molecule has 2 rings (SSSR count). The van der Waals surface area contributed by atoms with Crippen molar-refractivity contribution in [2.75, 3.05) is 6.26 Å². The zero-order valence-electron chi connectivity index (χ0n) is 11.2. The molecule has 0 atom stereocenters. The van der Waals surface area contributed by atoms with Gasteiger partial charge in [-0.1, -0.05) is 25.1 Å². The molecule has 0 aliphatic carbocycles. The van der Waals surface area contributed by atoms with E-state index in [4.69, 9.17) is 5.11 Å². The van der Waals surface area contributed by atoms with E-state index in [1.54, 1.807) is 37.3 Å². The summed E-state index contributed by atoms with van der Waals surface area (Å²) in [6, 6.07) is 8.71. The van der Waals surface area contributed by atoms with Crippen molar-refractivity contribution in [3.63, 3.8) is 0 Å². The maximum atomic E-state index is 12.0. The summed E-state index contributed by atoms with van der Waals surface area (Å²) in [6.07, 6.45) is 2.83. The van der Waals surface area contributed by atoms with Gasteiger partial charge in [-0.25, -0.2) is 17.2 Å². The molecule has 0 saturated heterocycles. The fourth-order valence-electron chi connectivity index (χ4n) is 2.12. The van der Waals surface area contributed by atoms with E-state index in [0.29, 0.717) is 17.6 Å². The first-order valence-electron chi connectivity index (χ1n) is 6.09. The molecule has 0 aliphatic rings. The maximum Gasteiger partial charge on any atom is 0.331 e. The van der Waals surface area contributed by atoms with Crippen LogP contribution in [-0.4, -0.2) is 29.7 Å². The number of para-hydroxylation sites is 1. The van der Waals surface area contributed by atoms with Gasteiger partial charge in [-0.05, 0) is 24.6 Å². The van der Waals surface area contributed by atoms with Crippen molar-refractivity contribution in [3.8, 4) is 0 Å². The molecule has 106 valence electrons. The molecule has 1 aromatic heterocycles. The topological polar surface area (TPSA) is 76.4 Å². The first kappa shape index (κ1) is 14.3. The van der Waals surface area contributed by atoms with Crippen LogP contribution < -0.4 is 0 Å². The van der Waals surface area contributed by atoms with Crippen molar-refractivity contribution < 1.29 is 18.3 Å². The van der Waals surface area contributed by atoms with Gasteiger partial charge in [-0.2, -0.15) is 0 Å². The molecule has 0 saturated carbocycles. The molecule has 1 heterocycles. The van der Waals surface area contributed by atoms with Gasteiger partial charge >= 0.3 is 5.97 Å². The summed E-state index contributed by atoms with van der Waals surface area (Å²) in [5, 5.41) is 9.83. The number of aromatic nitrogens is 1. The van der Waals surface area contributed by atoms with Crippen LogP contribution in [0.1, 0.15) is 19.0 Å². The van der Waals surface area contributed by atoms with Crippen LogP contribution in [0.2, 0.25) is 0 Å². The Morgan fingerprint density at radius 2 is 2.00 bits per heavy atom. The molecule has 0 spiro atoms. The molecule has 2 aromatic rings. The monoisotopic (exact) mass is 293 g/mol. The maximum absolute atomic E-state index is 12.0. The minimum Gasteiger partial charge on any atom is -0.478 e. The first-order chi connectivity index (χ1) is 9.34. The molecular weight excluding hydrogens is 278 g/mol. The number of fused-ring (bicyclic) bond motifs is 1. The Kier molecular flexibility index (Phi) is 3.67. The van der Waals surface area contributed by atoms with Gasteiger partial charge < -0.3 is 5.11 Å². The van der Waals surface area contributed by atoms with E-state index in [-0.39, 0.29) is 5.57 Å². The van der Waals surface area contributed by atoms with E-state index < -0.39 is 16.0 Å². The minimum absolute atomic E-state index is 0.165. The minimum atomic E-state index is -3.52. The number of carboxylic acids is 1. The Hall–Kier alpha value is -2.08. The van der Waals surface area contributed by atoms with Crippen molar-refractivity contribution in [2.24, 2.45) is 0 Å². The van der Waals surface area contributed by atoms with Crippen LogP contribution in [0.15, 0.2) is 35.9 Å². The van der Waals surface area contributed by atoms with Crippen LogP contribution in [-0.2, 0) is 14.8 Å². The van der Waals surface area contributed by atoms with Gasteiger partial charge in [-0.15, -0.1) is 0 Å². The molecule has 1 aromatic carbocycles. The molecule has 0 unspecified atom stereocenters. The van der Waals surface area contributed by atoms with Gasteiger partial charge in [0.25, 0.3) is 0 Å². The highest BCUT2D eigenvalue weighted by Crippen LogP contribution is 2.24. The van der Waals surface area contributed by atoms with Gasteiger partial charge in [-0.3, -0.25) is 0 Å². The van der Waals surface area contributed by atoms with Crippen LogP contribution in [0.25, 0.3) is 17.0 Å². The zero-order valence-corrected chi connectivity index (χ0v) is 12.0. The summed E-state index contributed by atoms with van der Waals surface area (Å²) in [7, 11) is -3.52. The predicted molar refractivity (Wildman–Crippen MR) is 78.1 cm³/mol. The number of hydrogen-bond acceptors (Lipinski definition) is 3. The summed E-state index contributed by atoms with van der Waals surface area (Å²) in [4.78, 5) is 11.1. The van der Waals surface area contributed by atoms with E-state index in [1.165, 1.54) is 10.0 Å². The Bertz CT molecular complexity index is 800. The smallest absolute Gasteiger partial charge is 0.331 e. The molecular formula is C14H15NO4S. The second kappa shape index (κ2) is 5.13. The van der Waals surface area contributed by atoms with Crippen molar-refractivity contribution in [2.45, 2.75) is 13.3 Å². The molecule has 0 amide bonds. The summed E-state index contributed by atoms with van der Waals surface area (Å²) in [5.41, 5.74) is 1.06. The third-order valence-electron chi connectivity index (χ3n) is 3.00. The van der Waals surface area contributed by atoms with E-state index in [0.717, 1.165) is 11.6 Å². The van der Waals surface area contributed by atoms with Crippen LogP contribution in [0.5, 0.6) is 0 Å². The van der Waals surface area contributed by atoms with Crippen LogP contribution in [0.3, 0.4) is 0 Å². The molecule has 0 bridgehead atoms. The van der Waals surface area contributed by atoms with E-state index >= 15 is 0 Å². The third kappa shape index (κ3) is 2.60. The van der Waals surface area contributed by atoms with Gasteiger partial charge in [0.2, 0.25) is 10.0 Å². The summed E-state index contributed by atoms with van der Waals surface area (Å²) >= 11 is 0. The second-order valence-electron chi connectivity index (χ2n) is 4.48.